The number of rotatable bonds is 5. The molecule has 2 aromatic heterocycles. The third-order valence-corrected chi connectivity index (χ3v) is 2.96. The molecule has 2 N–H and O–H groups in total. The number of nitrogens with zero attached hydrogens (tertiary/aromatic N) is 2. The SMILES string of the molecule is CCOc1ccc(-c2cc(NC(=O)c3ccno3)n[nH]2)cc1. The van der Waals surface area contributed by atoms with Gasteiger partial charge in [0.1, 0.15) is 5.75 Å². The lowest BCUT2D eigenvalue weighted by Crippen LogP contribution is -2.11. The molecule has 0 aliphatic carbocycles. The van der Waals surface area contributed by atoms with Crippen LogP contribution < -0.4 is 10.1 Å². The van der Waals surface area contributed by atoms with Crippen molar-refractivity contribution in [2.24, 2.45) is 0 Å². The summed E-state index contributed by atoms with van der Waals surface area (Å²) in [4.78, 5) is 11.8. The first-order valence-corrected chi connectivity index (χ1v) is 6.77. The van der Waals surface area contributed by atoms with Gasteiger partial charge in [0.05, 0.1) is 18.5 Å². The van der Waals surface area contributed by atoms with Gasteiger partial charge in [-0.3, -0.25) is 9.89 Å². The molecule has 0 unspecified atom stereocenters. The summed E-state index contributed by atoms with van der Waals surface area (Å²) in [6, 6.07) is 10.8. The average molecular weight is 298 g/mol. The Kier molecular flexibility index (Phi) is 3.86. The van der Waals surface area contributed by atoms with Gasteiger partial charge >= 0.3 is 0 Å². The summed E-state index contributed by atoms with van der Waals surface area (Å²) in [5, 5.41) is 13.0. The number of nitrogens with one attached hydrogen (secondary N) is 2. The van der Waals surface area contributed by atoms with E-state index in [1.54, 1.807) is 6.07 Å². The maximum Gasteiger partial charge on any atom is 0.295 e. The van der Waals surface area contributed by atoms with Crippen molar-refractivity contribution in [3.63, 3.8) is 0 Å². The van der Waals surface area contributed by atoms with Crippen LogP contribution in [0.1, 0.15) is 17.5 Å². The number of hydrogen-bond donors (Lipinski definition) is 2. The lowest BCUT2D eigenvalue weighted by Gasteiger charge is -2.03. The first-order chi connectivity index (χ1) is 10.8. The van der Waals surface area contributed by atoms with Crippen molar-refractivity contribution in [2.75, 3.05) is 11.9 Å². The van der Waals surface area contributed by atoms with Crippen molar-refractivity contribution in [3.8, 4) is 17.0 Å². The molecule has 0 saturated heterocycles. The van der Waals surface area contributed by atoms with E-state index in [4.69, 9.17) is 9.26 Å². The molecule has 22 heavy (non-hydrogen) atoms. The Labute approximate surface area is 126 Å². The van der Waals surface area contributed by atoms with Crippen molar-refractivity contribution in [2.45, 2.75) is 6.92 Å². The molecular weight excluding hydrogens is 284 g/mol. The Bertz CT molecular complexity index is 747. The smallest absolute Gasteiger partial charge is 0.295 e. The third kappa shape index (κ3) is 2.98. The fraction of sp³-hybridized carbons (Fsp3) is 0.133. The Hall–Kier alpha value is -3.09. The normalized spacial score (nSPS) is 10.4. The van der Waals surface area contributed by atoms with Crippen LogP contribution in [0.25, 0.3) is 11.3 Å². The Morgan fingerprint density at radius 3 is 2.82 bits per heavy atom. The summed E-state index contributed by atoms with van der Waals surface area (Å²) < 4.78 is 10.2. The van der Waals surface area contributed by atoms with Gasteiger partial charge < -0.3 is 14.6 Å². The predicted octanol–water partition coefficient (Wildman–Crippen LogP) is 2.72. The number of benzene rings is 1. The van der Waals surface area contributed by atoms with Gasteiger partial charge in [-0.1, -0.05) is 5.16 Å². The molecule has 1 aromatic carbocycles. The molecule has 0 fully saturated rings. The van der Waals surface area contributed by atoms with E-state index in [1.165, 1.54) is 12.3 Å². The van der Waals surface area contributed by atoms with Crippen molar-refractivity contribution in [3.05, 3.63) is 48.4 Å². The Balaban J connectivity index is 1.72. The zero-order chi connectivity index (χ0) is 15.4. The van der Waals surface area contributed by atoms with Crippen LogP contribution in [0, 0.1) is 0 Å². The molecule has 1 amide bonds. The van der Waals surface area contributed by atoms with Crippen LogP contribution in [0.4, 0.5) is 5.82 Å². The maximum absolute atomic E-state index is 11.8. The van der Waals surface area contributed by atoms with E-state index in [0.29, 0.717) is 12.4 Å². The number of amides is 1. The second-order valence-electron chi connectivity index (χ2n) is 4.46. The van der Waals surface area contributed by atoms with Gasteiger partial charge in [-0.05, 0) is 36.8 Å². The quantitative estimate of drug-likeness (QED) is 0.755. The van der Waals surface area contributed by atoms with Gasteiger partial charge in [-0.25, -0.2) is 0 Å². The van der Waals surface area contributed by atoms with Crippen LogP contribution in [0.2, 0.25) is 0 Å². The first kappa shape index (κ1) is 13.9. The monoisotopic (exact) mass is 298 g/mol. The fourth-order valence-electron chi connectivity index (χ4n) is 1.94. The number of H-pyrrole nitrogens is 1. The summed E-state index contributed by atoms with van der Waals surface area (Å²) >= 11 is 0. The van der Waals surface area contributed by atoms with Gasteiger partial charge in [0.2, 0.25) is 5.76 Å². The van der Waals surface area contributed by atoms with Gasteiger partial charge in [0.15, 0.2) is 5.82 Å². The van der Waals surface area contributed by atoms with E-state index in [0.717, 1.165) is 17.0 Å². The van der Waals surface area contributed by atoms with Crippen LogP contribution in [-0.4, -0.2) is 27.9 Å². The Morgan fingerprint density at radius 1 is 1.32 bits per heavy atom. The number of anilines is 1. The molecule has 2 heterocycles. The van der Waals surface area contributed by atoms with Gasteiger partial charge in [0, 0.05) is 12.1 Å². The molecule has 3 aromatic rings. The minimum absolute atomic E-state index is 0.130. The molecule has 0 atom stereocenters. The molecule has 7 heteroatoms. The predicted molar refractivity (Wildman–Crippen MR) is 79.6 cm³/mol. The fourth-order valence-corrected chi connectivity index (χ4v) is 1.94. The molecule has 0 aliphatic rings. The van der Waals surface area contributed by atoms with Gasteiger partial charge in [-0.15, -0.1) is 0 Å². The van der Waals surface area contributed by atoms with Crippen molar-refractivity contribution in [1.29, 1.82) is 0 Å². The molecule has 0 radical (unpaired) electrons. The zero-order valence-corrected chi connectivity index (χ0v) is 11.9. The number of carbonyl (C=O) groups excluding carboxylic acids is 1. The minimum atomic E-state index is -0.401. The summed E-state index contributed by atoms with van der Waals surface area (Å²) in [6.45, 7) is 2.56. The van der Waals surface area contributed by atoms with Crippen LogP contribution in [0.15, 0.2) is 47.1 Å². The molecule has 0 aliphatic heterocycles. The molecule has 3 rings (SSSR count). The highest BCUT2D eigenvalue weighted by Crippen LogP contribution is 2.22. The highest BCUT2D eigenvalue weighted by Gasteiger charge is 2.12. The Morgan fingerprint density at radius 2 is 2.14 bits per heavy atom. The summed E-state index contributed by atoms with van der Waals surface area (Å²) in [7, 11) is 0. The zero-order valence-electron chi connectivity index (χ0n) is 11.9. The summed E-state index contributed by atoms with van der Waals surface area (Å²) in [5.41, 5.74) is 1.73. The van der Waals surface area contributed by atoms with E-state index in [2.05, 4.69) is 20.7 Å². The minimum Gasteiger partial charge on any atom is -0.494 e. The van der Waals surface area contributed by atoms with Gasteiger partial charge in [0.25, 0.3) is 5.91 Å². The maximum atomic E-state index is 11.8. The van der Waals surface area contributed by atoms with Crippen molar-refractivity contribution in [1.82, 2.24) is 15.4 Å². The van der Waals surface area contributed by atoms with E-state index >= 15 is 0 Å². The average Bonchev–Trinajstić information content (AvgIpc) is 3.19. The third-order valence-electron chi connectivity index (χ3n) is 2.96. The van der Waals surface area contributed by atoms with Crippen molar-refractivity contribution < 1.29 is 14.1 Å². The van der Waals surface area contributed by atoms with E-state index in [9.17, 15) is 4.79 Å². The first-order valence-electron chi connectivity index (χ1n) is 6.77. The highest BCUT2D eigenvalue weighted by molar-refractivity contribution is 6.01. The lowest BCUT2D eigenvalue weighted by molar-refractivity contribution is 0.0987. The van der Waals surface area contributed by atoms with Gasteiger partial charge in [-0.2, -0.15) is 5.10 Å². The second kappa shape index (κ2) is 6.13. The summed E-state index contributed by atoms with van der Waals surface area (Å²) in [6.07, 6.45) is 1.41. The van der Waals surface area contributed by atoms with E-state index in [1.807, 2.05) is 31.2 Å². The van der Waals surface area contributed by atoms with Crippen molar-refractivity contribution >= 4 is 11.7 Å². The van der Waals surface area contributed by atoms with Crippen LogP contribution in [0.5, 0.6) is 5.75 Å². The topological polar surface area (TPSA) is 93.0 Å². The molecule has 0 bridgehead atoms. The standard InChI is InChI=1S/C15H14N4O3/c1-2-21-11-5-3-10(4-6-11)12-9-14(19-18-12)17-15(20)13-7-8-16-22-13/h3-9H,2H2,1H3,(H2,17,18,19,20). The van der Waals surface area contributed by atoms with Crippen LogP contribution in [-0.2, 0) is 0 Å². The summed E-state index contributed by atoms with van der Waals surface area (Å²) in [5.74, 6) is 0.947. The number of aromatic nitrogens is 3. The van der Waals surface area contributed by atoms with E-state index in [-0.39, 0.29) is 5.76 Å². The number of aromatic amines is 1. The molecule has 112 valence electrons. The number of carbonyl (C=O) groups is 1. The second-order valence-corrected chi connectivity index (χ2v) is 4.46. The van der Waals surface area contributed by atoms with E-state index < -0.39 is 5.91 Å². The van der Waals surface area contributed by atoms with Crippen LogP contribution >= 0.6 is 0 Å². The molecule has 0 saturated carbocycles. The van der Waals surface area contributed by atoms with Crippen LogP contribution in [0.3, 0.4) is 0 Å². The molecule has 0 spiro atoms. The highest BCUT2D eigenvalue weighted by atomic mass is 16.5. The molecular formula is C15H14N4O3. The number of hydrogen-bond acceptors (Lipinski definition) is 5. The largest absolute Gasteiger partial charge is 0.494 e. The lowest BCUT2D eigenvalue weighted by atomic mass is 10.1. The number of ether oxygens (including phenoxy) is 1. The molecule has 7 nitrogen and oxygen atoms in total.